The van der Waals surface area contributed by atoms with Crippen LogP contribution in [0.3, 0.4) is 0 Å². The summed E-state index contributed by atoms with van der Waals surface area (Å²) >= 11 is 1.49. The van der Waals surface area contributed by atoms with E-state index in [0.29, 0.717) is 22.2 Å². The number of amides is 1. The monoisotopic (exact) mass is 358 g/mol. The van der Waals surface area contributed by atoms with Crippen LogP contribution in [-0.2, 0) is 5.75 Å². The van der Waals surface area contributed by atoms with Gasteiger partial charge in [0.05, 0.1) is 7.11 Å². The van der Waals surface area contributed by atoms with Crippen molar-refractivity contribution >= 4 is 23.4 Å². The molecule has 2 aromatic carbocycles. The average Bonchev–Trinajstić information content (AvgIpc) is 3.14. The second-order valence-corrected chi connectivity index (χ2v) is 6.05. The summed E-state index contributed by atoms with van der Waals surface area (Å²) in [6.07, 6.45) is 1.44. The van der Waals surface area contributed by atoms with Crippen molar-refractivity contribution < 1.29 is 13.9 Å². The number of methoxy groups -OCH3 is 1. The van der Waals surface area contributed by atoms with E-state index in [9.17, 15) is 9.18 Å². The van der Waals surface area contributed by atoms with Gasteiger partial charge in [-0.05, 0) is 29.8 Å². The fourth-order valence-corrected chi connectivity index (χ4v) is 2.89. The van der Waals surface area contributed by atoms with E-state index in [1.54, 1.807) is 24.3 Å². The van der Waals surface area contributed by atoms with Crippen molar-refractivity contribution in [3.63, 3.8) is 0 Å². The second kappa shape index (κ2) is 7.80. The van der Waals surface area contributed by atoms with Crippen molar-refractivity contribution in [1.29, 1.82) is 0 Å². The molecule has 3 aromatic rings. The van der Waals surface area contributed by atoms with Crippen LogP contribution in [-0.4, -0.2) is 28.2 Å². The van der Waals surface area contributed by atoms with Crippen molar-refractivity contribution in [2.75, 3.05) is 12.4 Å². The smallest absolute Gasteiger partial charge is 0.255 e. The van der Waals surface area contributed by atoms with Gasteiger partial charge in [-0.25, -0.2) is 9.37 Å². The minimum atomic E-state index is -0.530. The van der Waals surface area contributed by atoms with Gasteiger partial charge in [0.2, 0.25) is 0 Å². The van der Waals surface area contributed by atoms with E-state index in [2.05, 4.69) is 20.5 Å². The Labute approximate surface area is 147 Å². The molecule has 1 heterocycles. The number of nitrogens with zero attached hydrogens (tertiary/aromatic N) is 2. The molecule has 0 aliphatic heterocycles. The predicted molar refractivity (Wildman–Crippen MR) is 93.3 cm³/mol. The number of halogens is 1. The van der Waals surface area contributed by atoms with Gasteiger partial charge in [0.25, 0.3) is 5.91 Å². The lowest BCUT2D eigenvalue weighted by Crippen LogP contribution is -2.12. The van der Waals surface area contributed by atoms with Crippen LogP contribution in [0.2, 0.25) is 0 Å². The van der Waals surface area contributed by atoms with Gasteiger partial charge in [-0.2, -0.15) is 5.10 Å². The number of hydrogen-bond donors (Lipinski definition) is 2. The Bertz CT molecular complexity index is 871. The number of ether oxygens (including phenoxy) is 1. The zero-order chi connectivity index (χ0) is 17.6. The highest BCUT2D eigenvalue weighted by Gasteiger charge is 2.10. The zero-order valence-corrected chi connectivity index (χ0v) is 14.1. The predicted octanol–water partition coefficient (Wildman–Crippen LogP) is 3.50. The molecular weight excluding hydrogens is 343 g/mol. The number of anilines is 1. The maximum atomic E-state index is 13.7. The first-order valence-electron chi connectivity index (χ1n) is 7.37. The molecular formula is C17H15FN4O2S. The van der Waals surface area contributed by atoms with Crippen LogP contribution in [0.25, 0.3) is 0 Å². The highest BCUT2D eigenvalue weighted by atomic mass is 32.2. The number of rotatable bonds is 6. The van der Waals surface area contributed by atoms with Gasteiger partial charge < -0.3 is 10.1 Å². The molecule has 128 valence electrons. The number of aromatic nitrogens is 3. The third-order valence-corrected chi connectivity index (χ3v) is 4.32. The number of thioether (sulfide) groups is 1. The summed E-state index contributed by atoms with van der Waals surface area (Å²) in [5.74, 6) is -0.0639. The van der Waals surface area contributed by atoms with Crippen LogP contribution in [0, 0.1) is 5.82 Å². The van der Waals surface area contributed by atoms with E-state index in [1.165, 1.54) is 37.3 Å². The Balaban J connectivity index is 1.67. The van der Waals surface area contributed by atoms with Gasteiger partial charge in [0, 0.05) is 23.1 Å². The highest BCUT2D eigenvalue weighted by Crippen LogP contribution is 2.22. The lowest BCUT2D eigenvalue weighted by Gasteiger charge is -2.08. The largest absolute Gasteiger partial charge is 0.494 e. The fourth-order valence-electron chi connectivity index (χ4n) is 2.17. The number of benzene rings is 2. The van der Waals surface area contributed by atoms with Gasteiger partial charge in [-0.1, -0.05) is 23.9 Å². The zero-order valence-electron chi connectivity index (χ0n) is 13.3. The standard InChI is InChI=1S/C17H15FN4O2S/c1-24-15-6-5-13(8-14(15)18)21-16(23)12-4-2-3-11(7-12)9-25-17-19-10-20-22-17/h2-8,10H,9H2,1H3,(H,21,23)(H,19,20,22). The maximum Gasteiger partial charge on any atom is 0.255 e. The fraction of sp³-hybridized carbons (Fsp3) is 0.118. The van der Waals surface area contributed by atoms with Crippen LogP contribution in [0.1, 0.15) is 15.9 Å². The quantitative estimate of drug-likeness (QED) is 0.659. The topological polar surface area (TPSA) is 79.9 Å². The Hall–Kier alpha value is -2.87. The molecule has 0 aliphatic rings. The van der Waals surface area contributed by atoms with E-state index in [4.69, 9.17) is 4.74 Å². The molecule has 8 heteroatoms. The van der Waals surface area contributed by atoms with Crippen LogP contribution in [0.5, 0.6) is 5.75 Å². The summed E-state index contributed by atoms with van der Waals surface area (Å²) in [5.41, 5.74) is 1.83. The van der Waals surface area contributed by atoms with Crippen LogP contribution >= 0.6 is 11.8 Å². The van der Waals surface area contributed by atoms with Crippen LogP contribution in [0.15, 0.2) is 53.9 Å². The lowest BCUT2D eigenvalue weighted by atomic mass is 10.1. The molecule has 0 saturated carbocycles. The summed E-state index contributed by atoms with van der Waals surface area (Å²) < 4.78 is 18.6. The summed E-state index contributed by atoms with van der Waals surface area (Å²) in [4.78, 5) is 16.4. The average molecular weight is 358 g/mol. The third-order valence-electron chi connectivity index (χ3n) is 3.37. The summed E-state index contributed by atoms with van der Waals surface area (Å²) in [6, 6.07) is 11.5. The summed E-state index contributed by atoms with van der Waals surface area (Å²) in [7, 11) is 1.39. The maximum absolute atomic E-state index is 13.7. The molecule has 0 fully saturated rings. The van der Waals surface area contributed by atoms with Crippen molar-refractivity contribution in [1.82, 2.24) is 15.2 Å². The summed E-state index contributed by atoms with van der Waals surface area (Å²) in [5, 5.41) is 9.94. The van der Waals surface area contributed by atoms with Crippen molar-refractivity contribution in [3.8, 4) is 5.75 Å². The lowest BCUT2D eigenvalue weighted by molar-refractivity contribution is 0.102. The number of H-pyrrole nitrogens is 1. The Morgan fingerprint density at radius 2 is 2.20 bits per heavy atom. The van der Waals surface area contributed by atoms with E-state index in [1.807, 2.05) is 6.07 Å². The molecule has 1 amide bonds. The molecule has 0 bridgehead atoms. The first kappa shape index (κ1) is 17.0. The number of carbonyl (C=O) groups is 1. The Morgan fingerprint density at radius 1 is 1.32 bits per heavy atom. The minimum Gasteiger partial charge on any atom is -0.494 e. The number of carbonyl (C=O) groups excluding carboxylic acids is 1. The van der Waals surface area contributed by atoms with E-state index in [-0.39, 0.29) is 11.7 Å². The third kappa shape index (κ3) is 4.36. The van der Waals surface area contributed by atoms with Gasteiger partial charge in [0.1, 0.15) is 6.33 Å². The molecule has 0 unspecified atom stereocenters. The van der Waals surface area contributed by atoms with Crippen LogP contribution < -0.4 is 10.1 Å². The van der Waals surface area contributed by atoms with Gasteiger partial charge in [-0.15, -0.1) is 0 Å². The number of hydrogen-bond acceptors (Lipinski definition) is 5. The Kier molecular flexibility index (Phi) is 5.30. The number of aromatic amines is 1. The molecule has 0 spiro atoms. The van der Waals surface area contributed by atoms with E-state index >= 15 is 0 Å². The van der Waals surface area contributed by atoms with Gasteiger partial charge >= 0.3 is 0 Å². The van der Waals surface area contributed by atoms with Crippen molar-refractivity contribution in [2.24, 2.45) is 0 Å². The van der Waals surface area contributed by atoms with E-state index in [0.717, 1.165) is 5.56 Å². The minimum absolute atomic E-state index is 0.129. The molecule has 0 atom stereocenters. The normalized spacial score (nSPS) is 10.5. The molecule has 25 heavy (non-hydrogen) atoms. The first-order chi connectivity index (χ1) is 12.2. The molecule has 3 rings (SSSR count). The van der Waals surface area contributed by atoms with Crippen LogP contribution in [0.4, 0.5) is 10.1 Å². The number of nitrogens with one attached hydrogen (secondary N) is 2. The molecule has 2 N–H and O–H groups in total. The Morgan fingerprint density at radius 3 is 2.92 bits per heavy atom. The van der Waals surface area contributed by atoms with Crippen molar-refractivity contribution in [2.45, 2.75) is 10.9 Å². The van der Waals surface area contributed by atoms with Gasteiger partial charge in [0.15, 0.2) is 16.7 Å². The highest BCUT2D eigenvalue weighted by molar-refractivity contribution is 7.98. The van der Waals surface area contributed by atoms with E-state index < -0.39 is 5.82 Å². The molecule has 1 aromatic heterocycles. The summed E-state index contributed by atoms with van der Waals surface area (Å²) in [6.45, 7) is 0. The SMILES string of the molecule is COc1ccc(NC(=O)c2cccc(CSc3ncn[nH]3)c2)cc1F. The van der Waals surface area contributed by atoms with Crippen molar-refractivity contribution in [3.05, 3.63) is 65.7 Å². The molecule has 0 saturated heterocycles. The van der Waals surface area contributed by atoms with Gasteiger partial charge in [-0.3, -0.25) is 9.89 Å². The molecule has 0 radical (unpaired) electrons. The molecule has 0 aliphatic carbocycles. The first-order valence-corrected chi connectivity index (χ1v) is 8.36. The molecule has 6 nitrogen and oxygen atoms in total. The second-order valence-electron chi connectivity index (χ2n) is 5.08.